The van der Waals surface area contributed by atoms with E-state index in [1.807, 2.05) is 67.6 Å². The molecule has 0 aromatic heterocycles. The molecular weight excluding hydrogens is 414 g/mol. The minimum Gasteiger partial charge on any atom is -0.412 e. The summed E-state index contributed by atoms with van der Waals surface area (Å²) in [6.07, 6.45) is 0.529. The molecule has 0 amide bonds. The quantitative estimate of drug-likeness (QED) is 0.591. The second kappa shape index (κ2) is 8.92. The maximum absolute atomic E-state index is 12.4. The average Bonchev–Trinajstić information content (AvgIpc) is 2.65. The van der Waals surface area contributed by atoms with Gasteiger partial charge in [0.15, 0.2) is 8.32 Å². The van der Waals surface area contributed by atoms with E-state index in [0.717, 1.165) is 6.26 Å². The molecule has 0 heterocycles. The van der Waals surface area contributed by atoms with Crippen LogP contribution in [0.15, 0.2) is 60.7 Å². The summed E-state index contributed by atoms with van der Waals surface area (Å²) in [6, 6.07) is 17.4. The van der Waals surface area contributed by atoms with Crippen molar-refractivity contribution in [2.75, 3.05) is 6.26 Å². The number of nitrogens with one attached hydrogen (secondary N) is 1. The summed E-state index contributed by atoms with van der Waals surface area (Å²) in [6.45, 7) is 12.5. The summed E-state index contributed by atoms with van der Waals surface area (Å²) in [5.74, 6) is 0. The smallest absolute Gasteiger partial charge is 0.209 e. The number of benzene rings is 2. The van der Waals surface area contributed by atoms with Gasteiger partial charge in [-0.1, -0.05) is 81.4 Å². The summed E-state index contributed by atoms with van der Waals surface area (Å²) < 4.78 is 33.9. The highest BCUT2D eigenvalue weighted by Crippen LogP contribution is 2.40. The standard InChI is InChI=1S/C23H35NO4SSi/c1-18(28-30(6,7)22(2,3)4)21(24-29(5,26)27)23(25,19-14-10-8-11-15-19)20-16-12-9-13-17-20/h8-18,21,24-25H,1-7H3/t18-,21+/m1/s1. The van der Waals surface area contributed by atoms with Gasteiger partial charge in [-0.15, -0.1) is 0 Å². The first-order valence-electron chi connectivity index (χ1n) is 10.2. The van der Waals surface area contributed by atoms with Gasteiger partial charge >= 0.3 is 0 Å². The minimum absolute atomic E-state index is 0.0610. The fraction of sp³-hybridized carbons (Fsp3) is 0.478. The van der Waals surface area contributed by atoms with Gasteiger partial charge < -0.3 is 9.53 Å². The molecule has 2 N–H and O–H groups in total. The normalized spacial score (nSPS) is 15.6. The molecule has 0 fully saturated rings. The van der Waals surface area contributed by atoms with E-state index in [1.54, 1.807) is 0 Å². The highest BCUT2D eigenvalue weighted by atomic mass is 32.2. The molecule has 5 nitrogen and oxygen atoms in total. The highest BCUT2D eigenvalue weighted by molar-refractivity contribution is 7.88. The Labute approximate surface area is 182 Å². The molecule has 0 aliphatic carbocycles. The van der Waals surface area contributed by atoms with Gasteiger partial charge in [-0.3, -0.25) is 0 Å². The van der Waals surface area contributed by atoms with Crippen LogP contribution >= 0.6 is 0 Å². The topological polar surface area (TPSA) is 75.6 Å². The fourth-order valence-electron chi connectivity index (χ4n) is 3.37. The Hall–Kier alpha value is -1.51. The van der Waals surface area contributed by atoms with Crippen molar-refractivity contribution in [1.82, 2.24) is 4.72 Å². The van der Waals surface area contributed by atoms with E-state index in [2.05, 4.69) is 38.6 Å². The van der Waals surface area contributed by atoms with Gasteiger partial charge in [0.2, 0.25) is 10.0 Å². The Balaban J connectivity index is 2.66. The van der Waals surface area contributed by atoms with Crippen molar-refractivity contribution < 1.29 is 18.0 Å². The maximum atomic E-state index is 12.4. The van der Waals surface area contributed by atoms with E-state index in [0.29, 0.717) is 11.1 Å². The molecule has 166 valence electrons. The van der Waals surface area contributed by atoms with Crippen LogP contribution in [0.3, 0.4) is 0 Å². The molecule has 30 heavy (non-hydrogen) atoms. The van der Waals surface area contributed by atoms with Crippen molar-refractivity contribution in [3.8, 4) is 0 Å². The molecule has 0 radical (unpaired) electrons. The van der Waals surface area contributed by atoms with E-state index >= 15 is 0 Å². The predicted octanol–water partition coefficient (Wildman–Crippen LogP) is 4.25. The third-order valence-electron chi connectivity index (χ3n) is 5.98. The largest absolute Gasteiger partial charge is 0.412 e. The minimum atomic E-state index is -3.63. The Morgan fingerprint density at radius 1 is 0.933 bits per heavy atom. The van der Waals surface area contributed by atoms with Crippen molar-refractivity contribution in [2.45, 2.75) is 63.6 Å². The molecule has 0 spiro atoms. The average molecular weight is 450 g/mol. The van der Waals surface area contributed by atoms with Crippen LogP contribution < -0.4 is 4.72 Å². The van der Waals surface area contributed by atoms with E-state index in [4.69, 9.17) is 4.43 Å². The molecule has 2 atom stereocenters. The lowest BCUT2D eigenvalue weighted by molar-refractivity contribution is -0.00261. The van der Waals surface area contributed by atoms with Crippen molar-refractivity contribution in [1.29, 1.82) is 0 Å². The third-order valence-corrected chi connectivity index (χ3v) is 11.2. The van der Waals surface area contributed by atoms with Crippen molar-refractivity contribution >= 4 is 18.3 Å². The van der Waals surface area contributed by atoms with Gasteiger partial charge in [-0.2, -0.15) is 0 Å². The molecule has 0 bridgehead atoms. The van der Waals surface area contributed by atoms with Gasteiger partial charge in [0.05, 0.1) is 18.4 Å². The van der Waals surface area contributed by atoms with Gasteiger partial charge in [0.1, 0.15) is 5.60 Å². The maximum Gasteiger partial charge on any atom is 0.209 e. The second-order valence-corrected chi connectivity index (χ2v) is 16.0. The zero-order valence-electron chi connectivity index (χ0n) is 19.0. The molecule has 0 aliphatic heterocycles. The third kappa shape index (κ3) is 5.59. The van der Waals surface area contributed by atoms with Gasteiger partial charge in [0.25, 0.3) is 0 Å². The second-order valence-electron chi connectivity index (χ2n) is 9.45. The van der Waals surface area contributed by atoms with Crippen molar-refractivity contribution in [3.05, 3.63) is 71.8 Å². The van der Waals surface area contributed by atoms with Gasteiger partial charge in [0, 0.05) is 0 Å². The molecule has 0 saturated carbocycles. The van der Waals surface area contributed by atoms with E-state index < -0.39 is 36.1 Å². The molecular formula is C23H35NO4SSi. The fourth-order valence-corrected chi connectivity index (χ4v) is 5.61. The summed E-state index contributed by atoms with van der Waals surface area (Å²) >= 11 is 0. The van der Waals surface area contributed by atoms with Crippen LogP contribution in [0.2, 0.25) is 18.1 Å². The molecule has 2 rings (SSSR count). The lowest BCUT2D eigenvalue weighted by Crippen LogP contribution is -2.59. The first-order valence-corrected chi connectivity index (χ1v) is 15.0. The molecule has 0 unspecified atom stereocenters. The van der Waals surface area contributed by atoms with Crippen molar-refractivity contribution in [2.24, 2.45) is 0 Å². The first kappa shape index (κ1) is 24.8. The molecule has 0 saturated heterocycles. The lowest BCUT2D eigenvalue weighted by atomic mass is 9.78. The summed E-state index contributed by atoms with van der Waals surface area (Å²) in [5.41, 5.74) is -0.418. The van der Waals surface area contributed by atoms with Crippen LogP contribution in [0.1, 0.15) is 38.8 Å². The number of rotatable bonds is 8. The Kier molecular flexibility index (Phi) is 7.36. The van der Waals surface area contributed by atoms with Crippen LogP contribution in [0.5, 0.6) is 0 Å². The van der Waals surface area contributed by atoms with Crippen LogP contribution in [-0.4, -0.2) is 40.2 Å². The van der Waals surface area contributed by atoms with Crippen LogP contribution in [0, 0.1) is 0 Å². The number of sulfonamides is 1. The summed E-state index contributed by atoms with van der Waals surface area (Å²) in [5, 5.41) is 12.1. The summed E-state index contributed by atoms with van der Waals surface area (Å²) in [4.78, 5) is 0. The first-order chi connectivity index (χ1) is 13.7. The number of hydrogen-bond donors (Lipinski definition) is 2. The lowest BCUT2D eigenvalue weighted by Gasteiger charge is -2.45. The van der Waals surface area contributed by atoms with Crippen LogP contribution in [-0.2, 0) is 20.1 Å². The Bertz CT molecular complexity index is 885. The Morgan fingerprint density at radius 3 is 1.67 bits per heavy atom. The van der Waals surface area contributed by atoms with Gasteiger partial charge in [-0.25, -0.2) is 13.1 Å². The molecule has 2 aromatic rings. The SMILES string of the molecule is C[C@@H](O[Si](C)(C)C(C)(C)C)[C@H](NS(C)(=O)=O)C(O)(c1ccccc1)c1ccccc1. The Morgan fingerprint density at radius 2 is 1.33 bits per heavy atom. The highest BCUT2D eigenvalue weighted by Gasteiger charge is 2.48. The summed E-state index contributed by atoms with van der Waals surface area (Å²) in [7, 11) is -5.87. The van der Waals surface area contributed by atoms with Crippen molar-refractivity contribution in [3.63, 3.8) is 0 Å². The molecule has 2 aromatic carbocycles. The molecule has 0 aliphatic rings. The van der Waals surface area contributed by atoms with E-state index in [1.165, 1.54) is 0 Å². The predicted molar refractivity (Wildman–Crippen MR) is 125 cm³/mol. The van der Waals surface area contributed by atoms with E-state index in [-0.39, 0.29) is 5.04 Å². The zero-order chi connectivity index (χ0) is 22.8. The number of aliphatic hydroxyl groups is 1. The monoisotopic (exact) mass is 449 g/mol. The van der Waals surface area contributed by atoms with Crippen LogP contribution in [0.25, 0.3) is 0 Å². The van der Waals surface area contributed by atoms with E-state index in [9.17, 15) is 13.5 Å². The van der Waals surface area contributed by atoms with Gasteiger partial charge in [-0.05, 0) is 36.2 Å². The molecule has 7 heteroatoms. The zero-order valence-corrected chi connectivity index (χ0v) is 20.8. The number of hydrogen-bond acceptors (Lipinski definition) is 4. The van der Waals surface area contributed by atoms with Crippen LogP contribution in [0.4, 0.5) is 0 Å².